The van der Waals surface area contributed by atoms with Crippen LogP contribution in [0.2, 0.25) is 5.02 Å². The highest BCUT2D eigenvalue weighted by Crippen LogP contribution is 2.32. The van der Waals surface area contributed by atoms with Crippen LogP contribution in [0, 0.1) is 13.8 Å². The van der Waals surface area contributed by atoms with E-state index in [1.807, 2.05) is 86.6 Å². The van der Waals surface area contributed by atoms with Gasteiger partial charge in [0.05, 0.1) is 23.0 Å². The Kier molecular flexibility index (Phi) is 5.50. The summed E-state index contributed by atoms with van der Waals surface area (Å²) in [5, 5.41) is 7.72. The van der Waals surface area contributed by atoms with E-state index < -0.39 is 0 Å². The number of pyridine rings is 1. The Morgan fingerprint density at radius 2 is 1.68 bits per heavy atom. The number of nitrogens with zero attached hydrogens (tertiary/aromatic N) is 5. The van der Waals surface area contributed by atoms with Crippen LogP contribution in [0.5, 0.6) is 0 Å². The normalized spacial score (nSPS) is 11.4. The maximum atomic E-state index is 14.0. The summed E-state index contributed by atoms with van der Waals surface area (Å²) in [5.41, 5.74) is 11.8. The predicted octanol–water partition coefficient (Wildman–Crippen LogP) is 5.70. The average Bonchev–Trinajstić information content (AvgIpc) is 3.25. The molecule has 8 heteroatoms. The number of hydrogen-bond donors (Lipinski definition) is 1. The highest BCUT2D eigenvalue weighted by Gasteiger charge is 2.20. The first-order valence-electron chi connectivity index (χ1n) is 11.9. The van der Waals surface area contributed by atoms with Gasteiger partial charge in [0.1, 0.15) is 17.8 Å². The van der Waals surface area contributed by atoms with Crippen molar-refractivity contribution < 1.29 is 0 Å². The Morgan fingerprint density at radius 1 is 0.892 bits per heavy atom. The molecule has 0 spiro atoms. The van der Waals surface area contributed by atoms with E-state index in [2.05, 4.69) is 9.97 Å². The van der Waals surface area contributed by atoms with Crippen LogP contribution in [0.1, 0.15) is 16.8 Å². The monoisotopic (exact) mass is 506 g/mol. The minimum absolute atomic E-state index is 0.0689. The fourth-order valence-electron chi connectivity index (χ4n) is 4.92. The van der Waals surface area contributed by atoms with Gasteiger partial charge in [-0.1, -0.05) is 60.1 Å². The molecule has 0 unspecified atom stereocenters. The molecule has 0 aliphatic carbocycles. The molecule has 182 valence electrons. The Hall–Kier alpha value is -4.49. The topological polar surface area (TPSA) is 91.6 Å². The van der Waals surface area contributed by atoms with Gasteiger partial charge in [-0.2, -0.15) is 5.10 Å². The van der Waals surface area contributed by atoms with Gasteiger partial charge in [-0.15, -0.1) is 0 Å². The van der Waals surface area contributed by atoms with Crippen molar-refractivity contribution in [1.82, 2.24) is 24.3 Å². The van der Waals surface area contributed by atoms with Gasteiger partial charge in [-0.25, -0.2) is 14.6 Å². The van der Waals surface area contributed by atoms with Crippen molar-refractivity contribution >= 4 is 39.2 Å². The maximum Gasteiger partial charge on any atom is 0.263 e. The summed E-state index contributed by atoms with van der Waals surface area (Å²) < 4.78 is 3.55. The lowest BCUT2D eigenvalue weighted by molar-refractivity contribution is 0.671. The number of aromatic nitrogens is 5. The number of hydrogen-bond acceptors (Lipinski definition) is 5. The standard InChI is InChI=1S/C29H23ClN6O/c1-17-7-3-4-12-23(17)36-22(14-19-9-5-8-18(2)24(19)29(36)37)15-35-28-25(27(31)32-16-33-28)26(34-35)20-10-6-11-21(30)13-20/h3-14,16H,15H2,1-2H3,(H2,31,32,33). The zero-order chi connectivity index (χ0) is 25.7. The second-order valence-corrected chi connectivity index (χ2v) is 9.51. The molecule has 2 N–H and O–H groups in total. The summed E-state index contributed by atoms with van der Waals surface area (Å²) in [6.07, 6.45) is 1.43. The SMILES string of the molecule is Cc1ccccc1-n1c(Cn2nc(-c3cccc(Cl)c3)c3c(N)ncnc32)cc2cccc(C)c2c1=O. The van der Waals surface area contributed by atoms with Crippen molar-refractivity contribution in [3.05, 3.63) is 111 Å². The fraction of sp³-hybridized carbons (Fsp3) is 0.103. The van der Waals surface area contributed by atoms with Crippen LogP contribution >= 0.6 is 11.6 Å². The van der Waals surface area contributed by atoms with Crippen LogP contribution in [-0.2, 0) is 6.54 Å². The predicted molar refractivity (Wildman–Crippen MR) is 148 cm³/mol. The Bertz CT molecular complexity index is 1890. The van der Waals surface area contributed by atoms with E-state index in [0.29, 0.717) is 39.5 Å². The third-order valence-corrected chi connectivity index (χ3v) is 6.89. The van der Waals surface area contributed by atoms with Crippen LogP contribution in [0.25, 0.3) is 38.8 Å². The molecule has 0 atom stereocenters. The summed E-state index contributed by atoms with van der Waals surface area (Å²) in [4.78, 5) is 22.7. The van der Waals surface area contributed by atoms with Crippen molar-refractivity contribution in [2.45, 2.75) is 20.4 Å². The minimum atomic E-state index is -0.0689. The molecular weight excluding hydrogens is 484 g/mol. The van der Waals surface area contributed by atoms with Gasteiger partial charge in [-0.3, -0.25) is 9.36 Å². The number of rotatable bonds is 4. The van der Waals surface area contributed by atoms with E-state index in [4.69, 9.17) is 22.4 Å². The molecule has 0 bridgehead atoms. The highest BCUT2D eigenvalue weighted by molar-refractivity contribution is 6.30. The summed E-state index contributed by atoms with van der Waals surface area (Å²) in [7, 11) is 0. The lowest BCUT2D eigenvalue weighted by Crippen LogP contribution is -2.25. The Labute approximate surface area is 217 Å². The molecule has 6 rings (SSSR count). The van der Waals surface area contributed by atoms with Crippen molar-refractivity contribution in [3.63, 3.8) is 0 Å². The van der Waals surface area contributed by atoms with Gasteiger partial charge in [0.25, 0.3) is 5.56 Å². The van der Waals surface area contributed by atoms with Crippen LogP contribution in [0.15, 0.2) is 83.9 Å². The zero-order valence-corrected chi connectivity index (χ0v) is 21.1. The molecule has 0 aliphatic heterocycles. The molecule has 0 radical (unpaired) electrons. The average molecular weight is 507 g/mol. The lowest BCUT2D eigenvalue weighted by atomic mass is 10.1. The third kappa shape index (κ3) is 3.84. The number of para-hydroxylation sites is 1. The summed E-state index contributed by atoms with van der Waals surface area (Å²) in [6, 6.07) is 23.2. The number of nitrogen functional groups attached to an aromatic ring is 1. The zero-order valence-electron chi connectivity index (χ0n) is 20.3. The number of anilines is 1. The molecule has 0 saturated heterocycles. The lowest BCUT2D eigenvalue weighted by Gasteiger charge is -2.17. The van der Waals surface area contributed by atoms with Crippen LogP contribution in [-0.4, -0.2) is 24.3 Å². The second-order valence-electron chi connectivity index (χ2n) is 9.08. The van der Waals surface area contributed by atoms with Crippen molar-refractivity contribution in [2.75, 3.05) is 5.73 Å². The summed E-state index contributed by atoms with van der Waals surface area (Å²) in [6.45, 7) is 4.26. The first-order valence-corrected chi connectivity index (χ1v) is 12.2. The third-order valence-electron chi connectivity index (χ3n) is 6.66. The van der Waals surface area contributed by atoms with Crippen molar-refractivity contribution in [3.8, 4) is 16.9 Å². The molecule has 0 fully saturated rings. The van der Waals surface area contributed by atoms with Crippen molar-refractivity contribution in [1.29, 1.82) is 0 Å². The molecule has 0 saturated carbocycles. The Balaban J connectivity index is 1.63. The first kappa shape index (κ1) is 22.9. The number of fused-ring (bicyclic) bond motifs is 2. The Morgan fingerprint density at radius 3 is 2.49 bits per heavy atom. The van der Waals surface area contributed by atoms with E-state index in [1.165, 1.54) is 6.33 Å². The van der Waals surface area contributed by atoms with Gasteiger partial charge in [0.2, 0.25) is 0 Å². The highest BCUT2D eigenvalue weighted by atomic mass is 35.5. The van der Waals surface area contributed by atoms with E-state index in [0.717, 1.165) is 33.5 Å². The van der Waals surface area contributed by atoms with E-state index in [1.54, 1.807) is 9.25 Å². The van der Waals surface area contributed by atoms with Crippen LogP contribution < -0.4 is 11.3 Å². The minimum Gasteiger partial charge on any atom is -0.383 e. The molecule has 0 aliphatic rings. The molecule has 7 nitrogen and oxygen atoms in total. The summed E-state index contributed by atoms with van der Waals surface area (Å²) in [5.74, 6) is 0.330. The van der Waals surface area contributed by atoms with Crippen LogP contribution in [0.4, 0.5) is 5.82 Å². The smallest absolute Gasteiger partial charge is 0.263 e. The molecule has 6 aromatic rings. The summed E-state index contributed by atoms with van der Waals surface area (Å²) >= 11 is 6.28. The number of aryl methyl sites for hydroxylation is 2. The fourth-order valence-corrected chi connectivity index (χ4v) is 5.11. The van der Waals surface area contributed by atoms with Crippen LogP contribution in [0.3, 0.4) is 0 Å². The maximum absolute atomic E-state index is 14.0. The molecule has 0 amide bonds. The molecular formula is C29H23ClN6O. The van der Waals surface area contributed by atoms with Gasteiger partial charge in [0, 0.05) is 16.3 Å². The van der Waals surface area contributed by atoms with E-state index in [-0.39, 0.29) is 5.56 Å². The van der Waals surface area contributed by atoms with Gasteiger partial charge in [0.15, 0.2) is 5.65 Å². The quantitative estimate of drug-likeness (QED) is 0.331. The first-order chi connectivity index (χ1) is 17.9. The van der Waals surface area contributed by atoms with Crippen molar-refractivity contribution in [2.24, 2.45) is 0 Å². The van der Waals surface area contributed by atoms with E-state index in [9.17, 15) is 4.79 Å². The number of benzene rings is 3. The molecule has 37 heavy (non-hydrogen) atoms. The number of nitrogens with two attached hydrogens (primary N) is 1. The largest absolute Gasteiger partial charge is 0.383 e. The van der Waals surface area contributed by atoms with Gasteiger partial charge in [-0.05, 0) is 54.6 Å². The van der Waals surface area contributed by atoms with E-state index >= 15 is 0 Å². The molecule has 3 aromatic heterocycles. The van der Waals surface area contributed by atoms with Gasteiger partial charge < -0.3 is 5.73 Å². The molecule has 3 aromatic carbocycles. The second kappa shape index (κ2) is 8.87. The number of halogens is 1. The molecule has 3 heterocycles. The van der Waals surface area contributed by atoms with Gasteiger partial charge >= 0.3 is 0 Å².